The zero-order chi connectivity index (χ0) is 16.1. The van der Waals surface area contributed by atoms with Crippen LogP contribution in [0.4, 0.5) is 4.39 Å². The maximum Gasteiger partial charge on any atom is 0.251 e. The van der Waals surface area contributed by atoms with Gasteiger partial charge in [0.05, 0.1) is 13.2 Å². The van der Waals surface area contributed by atoms with Gasteiger partial charge in [-0.25, -0.2) is 4.39 Å². The number of benzene rings is 2. The van der Waals surface area contributed by atoms with Crippen molar-refractivity contribution < 1.29 is 13.9 Å². The highest BCUT2D eigenvalue weighted by Gasteiger charge is 2.19. The standard InChI is InChI=1S/C18H20FNO2/c1-12(2)17(13-4-8-15(19)9-5-13)20-18(21)14-6-10-16(22-3)11-7-14/h4-12,17H,1-3H3,(H,20,21)/t17-/m0/s1. The third kappa shape index (κ3) is 3.85. The van der Waals surface area contributed by atoms with E-state index in [-0.39, 0.29) is 23.7 Å². The molecule has 1 N–H and O–H groups in total. The van der Waals surface area contributed by atoms with E-state index in [1.54, 1.807) is 43.5 Å². The van der Waals surface area contributed by atoms with Crippen LogP contribution < -0.4 is 10.1 Å². The second-order valence-electron chi connectivity index (χ2n) is 5.48. The summed E-state index contributed by atoms with van der Waals surface area (Å²) in [4.78, 5) is 12.4. The molecule has 0 aliphatic heterocycles. The Morgan fingerprint density at radius 3 is 2.14 bits per heavy atom. The molecule has 0 aromatic heterocycles. The second-order valence-corrected chi connectivity index (χ2v) is 5.48. The highest BCUT2D eigenvalue weighted by molar-refractivity contribution is 5.94. The fourth-order valence-corrected chi connectivity index (χ4v) is 2.27. The molecular weight excluding hydrogens is 281 g/mol. The molecule has 2 aromatic carbocycles. The molecule has 4 heteroatoms. The molecule has 0 unspecified atom stereocenters. The summed E-state index contributed by atoms with van der Waals surface area (Å²) in [6.07, 6.45) is 0. The molecule has 0 bridgehead atoms. The summed E-state index contributed by atoms with van der Waals surface area (Å²) >= 11 is 0. The molecule has 0 aliphatic rings. The van der Waals surface area contributed by atoms with Crippen LogP contribution in [0.2, 0.25) is 0 Å². The Kier molecular flexibility index (Phi) is 5.15. The van der Waals surface area contributed by atoms with Crippen LogP contribution >= 0.6 is 0 Å². The molecule has 0 saturated heterocycles. The van der Waals surface area contributed by atoms with Gasteiger partial charge in [-0.1, -0.05) is 26.0 Å². The smallest absolute Gasteiger partial charge is 0.251 e. The summed E-state index contributed by atoms with van der Waals surface area (Å²) in [5.74, 6) is 0.446. The largest absolute Gasteiger partial charge is 0.497 e. The van der Waals surface area contributed by atoms with Gasteiger partial charge in [0.25, 0.3) is 5.91 Å². The summed E-state index contributed by atoms with van der Waals surface area (Å²) in [6.45, 7) is 4.03. The van der Waals surface area contributed by atoms with E-state index in [9.17, 15) is 9.18 Å². The van der Waals surface area contributed by atoms with Gasteiger partial charge in [0, 0.05) is 5.56 Å². The number of carbonyl (C=O) groups is 1. The lowest BCUT2D eigenvalue weighted by Crippen LogP contribution is -2.31. The number of carbonyl (C=O) groups excluding carboxylic acids is 1. The Morgan fingerprint density at radius 2 is 1.64 bits per heavy atom. The van der Waals surface area contributed by atoms with Gasteiger partial charge >= 0.3 is 0 Å². The van der Waals surface area contributed by atoms with Gasteiger partial charge in [-0.05, 0) is 47.9 Å². The van der Waals surface area contributed by atoms with Crippen molar-refractivity contribution >= 4 is 5.91 Å². The number of nitrogens with one attached hydrogen (secondary N) is 1. The Morgan fingerprint density at radius 1 is 1.05 bits per heavy atom. The lowest BCUT2D eigenvalue weighted by atomic mass is 9.95. The van der Waals surface area contributed by atoms with E-state index in [4.69, 9.17) is 4.74 Å². The molecule has 116 valence electrons. The van der Waals surface area contributed by atoms with Gasteiger partial charge in [-0.2, -0.15) is 0 Å². The molecule has 3 nitrogen and oxygen atoms in total. The molecule has 0 spiro atoms. The minimum absolute atomic E-state index is 0.161. The summed E-state index contributed by atoms with van der Waals surface area (Å²) in [7, 11) is 1.58. The number of rotatable bonds is 5. The van der Waals surface area contributed by atoms with Crippen molar-refractivity contribution in [3.05, 3.63) is 65.5 Å². The summed E-state index contributed by atoms with van der Waals surface area (Å²) in [5.41, 5.74) is 1.45. The minimum Gasteiger partial charge on any atom is -0.497 e. The number of hydrogen-bond donors (Lipinski definition) is 1. The van der Waals surface area contributed by atoms with Crippen LogP contribution in [0, 0.1) is 11.7 Å². The third-order valence-corrected chi connectivity index (χ3v) is 3.53. The van der Waals surface area contributed by atoms with Crippen LogP contribution in [0.1, 0.15) is 35.8 Å². The third-order valence-electron chi connectivity index (χ3n) is 3.53. The Hall–Kier alpha value is -2.36. The van der Waals surface area contributed by atoms with Gasteiger partial charge in [-0.3, -0.25) is 4.79 Å². The number of amides is 1. The highest BCUT2D eigenvalue weighted by Crippen LogP contribution is 2.23. The lowest BCUT2D eigenvalue weighted by molar-refractivity contribution is 0.0925. The fraction of sp³-hybridized carbons (Fsp3) is 0.278. The fourth-order valence-electron chi connectivity index (χ4n) is 2.27. The Bertz CT molecular complexity index is 621. The monoisotopic (exact) mass is 301 g/mol. The van der Waals surface area contributed by atoms with Gasteiger partial charge in [-0.15, -0.1) is 0 Å². The quantitative estimate of drug-likeness (QED) is 0.907. The first kappa shape index (κ1) is 16.0. The molecule has 0 fully saturated rings. The van der Waals surface area contributed by atoms with Crippen molar-refractivity contribution in [3.63, 3.8) is 0 Å². The Balaban J connectivity index is 2.16. The van der Waals surface area contributed by atoms with E-state index in [0.29, 0.717) is 11.3 Å². The van der Waals surface area contributed by atoms with E-state index in [1.807, 2.05) is 13.8 Å². The average molecular weight is 301 g/mol. The highest BCUT2D eigenvalue weighted by atomic mass is 19.1. The topological polar surface area (TPSA) is 38.3 Å². The van der Waals surface area contributed by atoms with Crippen molar-refractivity contribution in [1.29, 1.82) is 0 Å². The molecule has 2 aromatic rings. The van der Waals surface area contributed by atoms with Crippen LogP contribution in [0.15, 0.2) is 48.5 Å². The maximum absolute atomic E-state index is 13.1. The summed E-state index contributed by atoms with van der Waals surface area (Å²) in [6, 6.07) is 13.0. The maximum atomic E-state index is 13.1. The van der Waals surface area contributed by atoms with E-state index >= 15 is 0 Å². The van der Waals surface area contributed by atoms with Gasteiger partial charge in [0.15, 0.2) is 0 Å². The second kappa shape index (κ2) is 7.07. The number of hydrogen-bond acceptors (Lipinski definition) is 2. The summed E-state index contributed by atoms with van der Waals surface area (Å²) in [5, 5.41) is 3.00. The Labute approximate surface area is 130 Å². The van der Waals surface area contributed by atoms with Gasteiger partial charge in [0.1, 0.15) is 11.6 Å². The predicted octanol–water partition coefficient (Wildman–Crippen LogP) is 3.96. The normalized spacial score (nSPS) is 12.0. The molecule has 1 amide bonds. The zero-order valence-corrected chi connectivity index (χ0v) is 13.0. The number of ether oxygens (including phenoxy) is 1. The molecule has 22 heavy (non-hydrogen) atoms. The van der Waals surface area contributed by atoms with Crippen molar-refractivity contribution in [2.75, 3.05) is 7.11 Å². The first-order valence-corrected chi connectivity index (χ1v) is 7.21. The molecule has 0 heterocycles. The van der Waals surface area contributed by atoms with E-state index in [2.05, 4.69) is 5.32 Å². The van der Waals surface area contributed by atoms with E-state index in [0.717, 1.165) is 5.56 Å². The van der Waals surface area contributed by atoms with Gasteiger partial charge in [0.2, 0.25) is 0 Å². The number of halogens is 1. The van der Waals surface area contributed by atoms with E-state index in [1.165, 1.54) is 12.1 Å². The van der Waals surface area contributed by atoms with E-state index < -0.39 is 0 Å². The van der Waals surface area contributed by atoms with Crippen molar-refractivity contribution in [2.24, 2.45) is 5.92 Å². The van der Waals surface area contributed by atoms with Crippen LogP contribution in [0.25, 0.3) is 0 Å². The molecule has 0 aliphatic carbocycles. The zero-order valence-electron chi connectivity index (χ0n) is 13.0. The molecule has 0 radical (unpaired) electrons. The lowest BCUT2D eigenvalue weighted by Gasteiger charge is -2.23. The van der Waals surface area contributed by atoms with Crippen LogP contribution in [-0.4, -0.2) is 13.0 Å². The molecule has 1 atom stereocenters. The number of methoxy groups -OCH3 is 1. The van der Waals surface area contributed by atoms with Crippen molar-refractivity contribution in [3.8, 4) is 5.75 Å². The molecular formula is C18H20FNO2. The summed E-state index contributed by atoms with van der Waals surface area (Å²) < 4.78 is 18.1. The molecule has 2 rings (SSSR count). The predicted molar refractivity (Wildman–Crippen MR) is 84.4 cm³/mol. The van der Waals surface area contributed by atoms with Gasteiger partial charge < -0.3 is 10.1 Å². The van der Waals surface area contributed by atoms with Crippen LogP contribution in [0.3, 0.4) is 0 Å². The molecule has 0 saturated carbocycles. The average Bonchev–Trinajstić information content (AvgIpc) is 2.53. The van der Waals surface area contributed by atoms with Crippen LogP contribution in [-0.2, 0) is 0 Å². The first-order valence-electron chi connectivity index (χ1n) is 7.21. The minimum atomic E-state index is -0.285. The first-order chi connectivity index (χ1) is 10.5. The van der Waals surface area contributed by atoms with Crippen molar-refractivity contribution in [2.45, 2.75) is 19.9 Å². The SMILES string of the molecule is COc1ccc(C(=O)N[C@H](c2ccc(F)cc2)C(C)C)cc1. The van der Waals surface area contributed by atoms with Crippen LogP contribution in [0.5, 0.6) is 5.75 Å². The van der Waals surface area contributed by atoms with Crippen molar-refractivity contribution in [1.82, 2.24) is 5.32 Å².